The largest absolute Gasteiger partial charge is 0.421 e. The van der Waals surface area contributed by atoms with Crippen molar-refractivity contribution in [3.8, 4) is 11.5 Å². The van der Waals surface area contributed by atoms with E-state index in [0.29, 0.717) is 11.8 Å². The van der Waals surface area contributed by atoms with Crippen LogP contribution in [-0.4, -0.2) is 22.3 Å². The van der Waals surface area contributed by atoms with Gasteiger partial charge < -0.3 is 9.73 Å². The average Bonchev–Trinajstić information content (AvgIpc) is 2.86. The Balaban J connectivity index is 1.97. The molecule has 2 rings (SSSR count). The molecule has 4 nitrogen and oxygen atoms in total. The molecule has 0 bridgehead atoms. The number of nitrogens with zero attached hydrogens (tertiary/aromatic N) is 2. The summed E-state index contributed by atoms with van der Waals surface area (Å²) in [5, 5.41) is 11.6. The topological polar surface area (TPSA) is 51.0 Å². The lowest BCUT2D eigenvalue weighted by Crippen LogP contribution is -2.37. The summed E-state index contributed by atoms with van der Waals surface area (Å²) in [5.74, 6) is 1.27. The Morgan fingerprint density at radius 2 is 1.80 bits per heavy atom. The molecule has 1 N–H and O–H groups in total. The molecule has 0 unspecified atom stereocenters. The number of aromatic nitrogens is 2. The average molecular weight is 273 g/mol. The summed E-state index contributed by atoms with van der Waals surface area (Å²) in [4.78, 5) is 0. The van der Waals surface area contributed by atoms with E-state index in [0.717, 1.165) is 24.9 Å². The van der Waals surface area contributed by atoms with Crippen LogP contribution >= 0.6 is 0 Å². The third-order valence-corrected chi connectivity index (χ3v) is 3.07. The van der Waals surface area contributed by atoms with Crippen LogP contribution in [0.4, 0.5) is 0 Å². The van der Waals surface area contributed by atoms with Crippen LogP contribution in [0.15, 0.2) is 28.7 Å². The van der Waals surface area contributed by atoms with Crippen molar-refractivity contribution in [2.75, 3.05) is 6.54 Å². The van der Waals surface area contributed by atoms with E-state index in [4.69, 9.17) is 4.42 Å². The lowest BCUT2D eigenvalue weighted by atomic mass is 10.1. The Bertz CT molecular complexity index is 538. The number of aryl methyl sites for hydroxylation is 1. The minimum absolute atomic E-state index is 0.110. The number of hydrogen-bond donors (Lipinski definition) is 1. The molecule has 0 saturated heterocycles. The van der Waals surface area contributed by atoms with Crippen molar-refractivity contribution >= 4 is 0 Å². The molecule has 0 fully saturated rings. The lowest BCUT2D eigenvalue weighted by molar-refractivity contribution is 0.412. The van der Waals surface area contributed by atoms with Crippen LogP contribution in [0.3, 0.4) is 0 Å². The van der Waals surface area contributed by atoms with Gasteiger partial charge in [-0.05, 0) is 44.9 Å². The normalized spacial score (nSPS) is 11.8. The second-order valence-electron chi connectivity index (χ2n) is 5.98. The van der Waals surface area contributed by atoms with Crippen molar-refractivity contribution in [3.63, 3.8) is 0 Å². The molecule has 0 radical (unpaired) electrons. The van der Waals surface area contributed by atoms with E-state index >= 15 is 0 Å². The van der Waals surface area contributed by atoms with Gasteiger partial charge in [0.2, 0.25) is 11.8 Å². The fourth-order valence-corrected chi connectivity index (χ4v) is 1.90. The van der Waals surface area contributed by atoms with Crippen molar-refractivity contribution in [1.29, 1.82) is 0 Å². The maximum Gasteiger partial charge on any atom is 0.247 e. The molecule has 2 aromatic rings. The van der Waals surface area contributed by atoms with Gasteiger partial charge in [-0.1, -0.05) is 19.1 Å². The van der Waals surface area contributed by atoms with Gasteiger partial charge in [0.15, 0.2) is 0 Å². The number of nitrogens with one attached hydrogen (secondary N) is 1. The first-order chi connectivity index (χ1) is 9.48. The fourth-order valence-electron chi connectivity index (χ4n) is 1.90. The third kappa shape index (κ3) is 4.17. The standard InChI is InChI=1S/C16H23N3O/c1-5-12-6-8-13(9-7-12)15-19-18-14(20-15)10-11-17-16(2,3)4/h6-9,17H,5,10-11H2,1-4H3. The van der Waals surface area contributed by atoms with Crippen molar-refractivity contribution in [2.24, 2.45) is 0 Å². The van der Waals surface area contributed by atoms with Crippen molar-refractivity contribution in [2.45, 2.75) is 46.1 Å². The predicted molar refractivity (Wildman–Crippen MR) is 80.6 cm³/mol. The Morgan fingerprint density at radius 3 is 2.40 bits per heavy atom. The van der Waals surface area contributed by atoms with Gasteiger partial charge in [0.05, 0.1) is 0 Å². The predicted octanol–water partition coefficient (Wildman–Crippen LogP) is 3.23. The smallest absolute Gasteiger partial charge is 0.247 e. The van der Waals surface area contributed by atoms with Gasteiger partial charge in [-0.15, -0.1) is 10.2 Å². The van der Waals surface area contributed by atoms with Crippen LogP contribution in [0.25, 0.3) is 11.5 Å². The van der Waals surface area contributed by atoms with E-state index < -0.39 is 0 Å². The molecule has 0 saturated carbocycles. The monoisotopic (exact) mass is 273 g/mol. The fraction of sp³-hybridized carbons (Fsp3) is 0.500. The van der Waals surface area contributed by atoms with E-state index in [-0.39, 0.29) is 5.54 Å². The molecule has 0 aliphatic heterocycles. The van der Waals surface area contributed by atoms with Gasteiger partial charge in [-0.3, -0.25) is 0 Å². The first kappa shape index (κ1) is 14.7. The first-order valence-electron chi connectivity index (χ1n) is 7.14. The van der Waals surface area contributed by atoms with Gasteiger partial charge in [0.25, 0.3) is 0 Å². The van der Waals surface area contributed by atoms with E-state index in [9.17, 15) is 0 Å². The van der Waals surface area contributed by atoms with Crippen molar-refractivity contribution in [3.05, 3.63) is 35.7 Å². The Hall–Kier alpha value is -1.68. The molecule has 0 amide bonds. The second kappa shape index (κ2) is 6.18. The van der Waals surface area contributed by atoms with Gasteiger partial charge in [-0.2, -0.15) is 0 Å². The molecular formula is C16H23N3O. The molecule has 0 spiro atoms. The minimum Gasteiger partial charge on any atom is -0.421 e. The second-order valence-corrected chi connectivity index (χ2v) is 5.98. The van der Waals surface area contributed by atoms with E-state index in [1.165, 1.54) is 5.56 Å². The van der Waals surface area contributed by atoms with Crippen LogP contribution in [0.5, 0.6) is 0 Å². The molecule has 20 heavy (non-hydrogen) atoms. The van der Waals surface area contributed by atoms with E-state index in [1.54, 1.807) is 0 Å². The molecule has 0 atom stereocenters. The van der Waals surface area contributed by atoms with Crippen LogP contribution in [-0.2, 0) is 12.8 Å². The highest BCUT2D eigenvalue weighted by molar-refractivity contribution is 5.52. The lowest BCUT2D eigenvalue weighted by Gasteiger charge is -2.19. The van der Waals surface area contributed by atoms with Gasteiger partial charge in [0.1, 0.15) is 0 Å². The highest BCUT2D eigenvalue weighted by atomic mass is 16.4. The summed E-state index contributed by atoms with van der Waals surface area (Å²) in [6.07, 6.45) is 1.78. The summed E-state index contributed by atoms with van der Waals surface area (Å²) in [6.45, 7) is 9.40. The zero-order valence-corrected chi connectivity index (χ0v) is 12.7. The molecule has 0 aliphatic rings. The van der Waals surface area contributed by atoms with Crippen LogP contribution < -0.4 is 5.32 Å². The van der Waals surface area contributed by atoms with Crippen molar-refractivity contribution < 1.29 is 4.42 Å². The highest BCUT2D eigenvalue weighted by Gasteiger charge is 2.11. The van der Waals surface area contributed by atoms with Crippen molar-refractivity contribution in [1.82, 2.24) is 15.5 Å². The first-order valence-corrected chi connectivity index (χ1v) is 7.14. The Kier molecular flexibility index (Phi) is 4.55. The summed E-state index contributed by atoms with van der Waals surface area (Å²) >= 11 is 0. The molecule has 4 heteroatoms. The number of hydrogen-bond acceptors (Lipinski definition) is 4. The van der Waals surface area contributed by atoms with Crippen LogP contribution in [0.2, 0.25) is 0 Å². The van der Waals surface area contributed by atoms with Crippen LogP contribution in [0.1, 0.15) is 39.1 Å². The van der Waals surface area contributed by atoms with Gasteiger partial charge in [0, 0.05) is 24.1 Å². The molecule has 1 aromatic heterocycles. The zero-order chi connectivity index (χ0) is 14.6. The highest BCUT2D eigenvalue weighted by Crippen LogP contribution is 2.18. The van der Waals surface area contributed by atoms with Crippen LogP contribution in [0, 0.1) is 0 Å². The number of rotatable bonds is 5. The van der Waals surface area contributed by atoms with E-state index in [2.05, 4.69) is 55.3 Å². The maximum absolute atomic E-state index is 5.70. The molecule has 0 aliphatic carbocycles. The summed E-state index contributed by atoms with van der Waals surface area (Å²) in [7, 11) is 0. The molecule has 1 heterocycles. The summed E-state index contributed by atoms with van der Waals surface area (Å²) in [6, 6.07) is 8.26. The minimum atomic E-state index is 0.110. The quantitative estimate of drug-likeness (QED) is 0.908. The van der Waals surface area contributed by atoms with E-state index in [1.807, 2.05) is 12.1 Å². The molecule has 1 aromatic carbocycles. The number of benzene rings is 1. The van der Waals surface area contributed by atoms with Gasteiger partial charge in [-0.25, -0.2) is 0 Å². The SMILES string of the molecule is CCc1ccc(-c2nnc(CCNC(C)(C)C)o2)cc1. The Morgan fingerprint density at radius 1 is 1.10 bits per heavy atom. The summed E-state index contributed by atoms with van der Waals surface area (Å²) < 4.78 is 5.70. The zero-order valence-electron chi connectivity index (χ0n) is 12.7. The Labute approximate surface area is 120 Å². The third-order valence-electron chi connectivity index (χ3n) is 3.07. The molecular weight excluding hydrogens is 250 g/mol. The molecule has 108 valence electrons. The van der Waals surface area contributed by atoms with Gasteiger partial charge >= 0.3 is 0 Å². The maximum atomic E-state index is 5.70. The summed E-state index contributed by atoms with van der Waals surface area (Å²) in [5.41, 5.74) is 2.39.